The maximum atomic E-state index is 12.4. The molecule has 6 heteroatoms. The zero-order valence-electron chi connectivity index (χ0n) is 10.2. The molecule has 2 aromatic carbocycles. The third-order valence-electron chi connectivity index (χ3n) is 3.35. The second-order valence-corrected chi connectivity index (χ2v) is 4.51. The first kappa shape index (κ1) is 12.0. The molecule has 0 saturated carbocycles. The minimum atomic E-state index is -0.677. The molecule has 0 radical (unpaired) electrons. The highest BCUT2D eigenvalue weighted by atomic mass is 16.3. The van der Waals surface area contributed by atoms with Crippen LogP contribution in [-0.4, -0.2) is 21.8 Å². The van der Waals surface area contributed by atoms with Gasteiger partial charge in [0, 0.05) is 11.3 Å². The maximum absolute atomic E-state index is 12.4. The van der Waals surface area contributed by atoms with E-state index in [0.717, 1.165) is 0 Å². The monoisotopic (exact) mass is 270 g/mol. The number of hydrogen-bond acceptors (Lipinski definition) is 6. The molecule has 0 saturated heterocycles. The fraction of sp³-hybridized carbons (Fsp3) is 0. The Hall–Kier alpha value is -3.02. The third kappa shape index (κ3) is 1.33. The number of benzene rings is 2. The van der Waals surface area contributed by atoms with E-state index in [0.29, 0.717) is 0 Å². The number of fused-ring (bicyclic) bond motifs is 2. The Balaban J connectivity index is 2.43. The van der Waals surface area contributed by atoms with Gasteiger partial charge in [-0.05, 0) is 24.3 Å². The van der Waals surface area contributed by atoms with Gasteiger partial charge in [0.25, 0.3) is 0 Å². The van der Waals surface area contributed by atoms with Crippen LogP contribution in [0.3, 0.4) is 0 Å². The number of nitrogen functional groups attached to an aromatic ring is 2. The summed E-state index contributed by atoms with van der Waals surface area (Å²) in [6, 6.07) is 5.27. The van der Waals surface area contributed by atoms with Crippen molar-refractivity contribution in [3.8, 4) is 11.5 Å². The Kier molecular flexibility index (Phi) is 2.25. The van der Waals surface area contributed by atoms with Crippen LogP contribution in [0.25, 0.3) is 0 Å². The summed E-state index contributed by atoms with van der Waals surface area (Å²) in [6.07, 6.45) is 0. The van der Waals surface area contributed by atoms with Crippen molar-refractivity contribution in [2.45, 2.75) is 0 Å². The molecule has 2 aromatic rings. The third-order valence-corrected chi connectivity index (χ3v) is 3.35. The molecule has 3 rings (SSSR count). The molecule has 0 bridgehead atoms. The minimum absolute atomic E-state index is 0.0169. The fourth-order valence-corrected chi connectivity index (χ4v) is 2.37. The van der Waals surface area contributed by atoms with Crippen molar-refractivity contribution < 1.29 is 19.8 Å². The summed E-state index contributed by atoms with van der Waals surface area (Å²) in [7, 11) is 0. The zero-order chi connectivity index (χ0) is 14.6. The van der Waals surface area contributed by atoms with Gasteiger partial charge in [0.2, 0.25) is 5.78 Å². The van der Waals surface area contributed by atoms with Crippen LogP contribution in [0.5, 0.6) is 11.5 Å². The molecule has 0 spiro atoms. The molecule has 1 aliphatic carbocycles. The van der Waals surface area contributed by atoms with Gasteiger partial charge in [0.1, 0.15) is 11.5 Å². The molecule has 0 heterocycles. The predicted molar refractivity (Wildman–Crippen MR) is 71.9 cm³/mol. The van der Waals surface area contributed by atoms with Gasteiger partial charge in [0.05, 0.1) is 22.4 Å². The largest absolute Gasteiger partial charge is 0.507 e. The van der Waals surface area contributed by atoms with Crippen LogP contribution in [-0.2, 0) is 0 Å². The standard InChI is InChI=1S/C14H10N2O4/c15-6-3-4-8(17)11-10(6)12(18)5-1-2-7(16)13(19)9(5)14(11)20/h1-4,17,19H,15-16H2. The number of ketones is 2. The Labute approximate surface area is 113 Å². The van der Waals surface area contributed by atoms with E-state index in [1.165, 1.54) is 24.3 Å². The Bertz CT molecular complexity index is 792. The van der Waals surface area contributed by atoms with Crippen LogP contribution < -0.4 is 11.5 Å². The number of aromatic hydroxyl groups is 2. The molecule has 6 N–H and O–H groups in total. The average molecular weight is 270 g/mol. The highest BCUT2D eigenvalue weighted by Crippen LogP contribution is 2.40. The number of rotatable bonds is 0. The van der Waals surface area contributed by atoms with Crippen molar-refractivity contribution in [3.63, 3.8) is 0 Å². The Morgan fingerprint density at radius 1 is 0.750 bits per heavy atom. The highest BCUT2D eigenvalue weighted by molar-refractivity contribution is 6.32. The van der Waals surface area contributed by atoms with Gasteiger partial charge in [-0.2, -0.15) is 0 Å². The van der Waals surface area contributed by atoms with Gasteiger partial charge in [0.15, 0.2) is 5.78 Å². The smallest absolute Gasteiger partial charge is 0.202 e. The lowest BCUT2D eigenvalue weighted by Crippen LogP contribution is -2.23. The molecule has 100 valence electrons. The molecule has 0 atom stereocenters. The Morgan fingerprint density at radius 3 is 2.10 bits per heavy atom. The number of anilines is 2. The van der Waals surface area contributed by atoms with Gasteiger partial charge in [-0.3, -0.25) is 9.59 Å². The SMILES string of the molecule is Nc1ccc2c(c1O)C(=O)c1c(O)ccc(N)c1C2=O. The molecule has 0 unspecified atom stereocenters. The molecule has 0 fully saturated rings. The van der Waals surface area contributed by atoms with Gasteiger partial charge in [-0.15, -0.1) is 0 Å². The van der Waals surface area contributed by atoms with Crippen LogP contribution in [0.2, 0.25) is 0 Å². The number of nitrogens with two attached hydrogens (primary N) is 2. The summed E-state index contributed by atoms with van der Waals surface area (Å²) in [5.74, 6) is -2.03. The van der Waals surface area contributed by atoms with Crippen LogP contribution >= 0.6 is 0 Å². The highest BCUT2D eigenvalue weighted by Gasteiger charge is 2.36. The summed E-state index contributed by atoms with van der Waals surface area (Å²) >= 11 is 0. The van der Waals surface area contributed by atoms with Gasteiger partial charge in [-0.1, -0.05) is 0 Å². The van der Waals surface area contributed by atoms with Crippen molar-refractivity contribution in [3.05, 3.63) is 46.5 Å². The lowest BCUT2D eigenvalue weighted by Gasteiger charge is -2.21. The molecule has 0 aliphatic heterocycles. The topological polar surface area (TPSA) is 127 Å². The van der Waals surface area contributed by atoms with Crippen molar-refractivity contribution in [1.82, 2.24) is 0 Å². The lowest BCUT2D eigenvalue weighted by molar-refractivity contribution is 0.0975. The lowest BCUT2D eigenvalue weighted by atomic mass is 9.82. The van der Waals surface area contributed by atoms with E-state index in [1.54, 1.807) is 0 Å². The number of hydrogen-bond donors (Lipinski definition) is 4. The van der Waals surface area contributed by atoms with E-state index < -0.39 is 17.3 Å². The first-order chi connectivity index (χ1) is 9.43. The van der Waals surface area contributed by atoms with Gasteiger partial charge in [-0.25, -0.2) is 0 Å². The van der Waals surface area contributed by atoms with E-state index in [-0.39, 0.29) is 39.4 Å². The minimum Gasteiger partial charge on any atom is -0.507 e. The van der Waals surface area contributed by atoms with Crippen LogP contribution in [0.4, 0.5) is 11.4 Å². The van der Waals surface area contributed by atoms with E-state index in [1.807, 2.05) is 0 Å². The van der Waals surface area contributed by atoms with E-state index in [9.17, 15) is 19.8 Å². The summed E-state index contributed by atoms with van der Waals surface area (Å²) < 4.78 is 0. The van der Waals surface area contributed by atoms with Crippen molar-refractivity contribution in [2.24, 2.45) is 0 Å². The number of carbonyl (C=O) groups excluding carboxylic acids is 2. The van der Waals surface area contributed by atoms with Crippen LogP contribution in [0, 0.1) is 0 Å². The second-order valence-electron chi connectivity index (χ2n) is 4.51. The normalized spacial score (nSPS) is 13.0. The second kappa shape index (κ2) is 3.74. The van der Waals surface area contributed by atoms with E-state index >= 15 is 0 Å². The van der Waals surface area contributed by atoms with Crippen molar-refractivity contribution in [2.75, 3.05) is 11.5 Å². The maximum Gasteiger partial charge on any atom is 0.202 e. The summed E-state index contributed by atoms with van der Waals surface area (Å²) in [5, 5.41) is 19.7. The fourth-order valence-electron chi connectivity index (χ4n) is 2.37. The summed E-state index contributed by atoms with van der Waals surface area (Å²) in [5.41, 5.74) is 10.9. The summed E-state index contributed by atoms with van der Waals surface area (Å²) in [4.78, 5) is 24.8. The van der Waals surface area contributed by atoms with E-state index in [4.69, 9.17) is 11.5 Å². The van der Waals surface area contributed by atoms with Crippen molar-refractivity contribution >= 4 is 22.9 Å². The first-order valence-corrected chi connectivity index (χ1v) is 5.75. The molecule has 20 heavy (non-hydrogen) atoms. The number of phenolic OH excluding ortho intramolecular Hbond substituents is 2. The molecular weight excluding hydrogens is 260 g/mol. The van der Waals surface area contributed by atoms with E-state index in [2.05, 4.69) is 0 Å². The average Bonchev–Trinajstić information content (AvgIpc) is 2.41. The van der Waals surface area contributed by atoms with Gasteiger partial charge < -0.3 is 21.7 Å². The first-order valence-electron chi connectivity index (χ1n) is 5.75. The molecular formula is C14H10N2O4. The quantitative estimate of drug-likeness (QED) is 0.274. The summed E-state index contributed by atoms with van der Waals surface area (Å²) in [6.45, 7) is 0. The zero-order valence-corrected chi connectivity index (χ0v) is 10.2. The van der Waals surface area contributed by atoms with Crippen LogP contribution in [0.15, 0.2) is 24.3 Å². The molecule has 1 aliphatic rings. The molecule has 6 nitrogen and oxygen atoms in total. The number of carbonyl (C=O) groups is 2. The molecule has 0 aromatic heterocycles. The van der Waals surface area contributed by atoms with Crippen LogP contribution in [0.1, 0.15) is 31.8 Å². The molecule has 0 amide bonds. The van der Waals surface area contributed by atoms with Gasteiger partial charge >= 0.3 is 0 Å². The predicted octanol–water partition coefficient (Wildman–Crippen LogP) is 1.04. The van der Waals surface area contributed by atoms with Crippen molar-refractivity contribution in [1.29, 1.82) is 0 Å². The Morgan fingerprint density at radius 2 is 1.40 bits per heavy atom. The number of phenols is 2.